The van der Waals surface area contributed by atoms with Crippen LogP contribution in [0.5, 0.6) is 0 Å². The number of aromatic nitrogens is 1. The van der Waals surface area contributed by atoms with Crippen LogP contribution in [0.1, 0.15) is 17.2 Å². The standard InChI is InChI=1S/C16H19N3O3/c1-11-6-3-4-7-12(11)14(20)10-17-16(22)18-13-8-5-9-19(2)15(13)21/h3-9,14,20H,10H2,1-2H3,(H2,17,18,22). The molecule has 22 heavy (non-hydrogen) atoms. The van der Waals surface area contributed by atoms with E-state index in [0.717, 1.165) is 11.1 Å². The van der Waals surface area contributed by atoms with E-state index in [9.17, 15) is 14.7 Å². The van der Waals surface area contributed by atoms with Crippen LogP contribution in [0.2, 0.25) is 0 Å². The second-order valence-electron chi connectivity index (χ2n) is 5.05. The van der Waals surface area contributed by atoms with Crippen LogP contribution in [0.4, 0.5) is 10.5 Å². The Labute approximate surface area is 128 Å². The van der Waals surface area contributed by atoms with Gasteiger partial charge in [0.15, 0.2) is 0 Å². The van der Waals surface area contributed by atoms with E-state index < -0.39 is 12.1 Å². The van der Waals surface area contributed by atoms with Crippen molar-refractivity contribution in [1.82, 2.24) is 9.88 Å². The van der Waals surface area contributed by atoms with Gasteiger partial charge in [-0.1, -0.05) is 24.3 Å². The number of amides is 2. The highest BCUT2D eigenvalue weighted by molar-refractivity contribution is 5.88. The molecule has 0 aliphatic heterocycles. The number of carbonyl (C=O) groups is 1. The third-order valence-electron chi connectivity index (χ3n) is 3.37. The number of urea groups is 1. The van der Waals surface area contributed by atoms with Gasteiger partial charge in [-0.25, -0.2) is 4.79 Å². The number of benzene rings is 1. The first kappa shape index (κ1) is 15.8. The lowest BCUT2D eigenvalue weighted by atomic mass is 10.0. The summed E-state index contributed by atoms with van der Waals surface area (Å²) in [5, 5.41) is 15.1. The van der Waals surface area contributed by atoms with Gasteiger partial charge in [0.25, 0.3) is 5.56 Å². The number of nitrogens with one attached hydrogen (secondary N) is 2. The summed E-state index contributed by atoms with van der Waals surface area (Å²) in [6.07, 6.45) is 0.804. The zero-order valence-corrected chi connectivity index (χ0v) is 12.5. The Morgan fingerprint density at radius 3 is 2.73 bits per heavy atom. The van der Waals surface area contributed by atoms with Crippen molar-refractivity contribution in [2.45, 2.75) is 13.0 Å². The van der Waals surface area contributed by atoms with Crippen molar-refractivity contribution in [3.05, 3.63) is 64.1 Å². The summed E-state index contributed by atoms with van der Waals surface area (Å²) in [5.41, 5.74) is 1.61. The van der Waals surface area contributed by atoms with E-state index >= 15 is 0 Å². The summed E-state index contributed by atoms with van der Waals surface area (Å²) in [6, 6.07) is 10.1. The maximum Gasteiger partial charge on any atom is 0.319 e. The first-order valence-electron chi connectivity index (χ1n) is 6.93. The Morgan fingerprint density at radius 1 is 1.27 bits per heavy atom. The van der Waals surface area contributed by atoms with Crippen molar-refractivity contribution in [2.75, 3.05) is 11.9 Å². The van der Waals surface area contributed by atoms with Crippen molar-refractivity contribution < 1.29 is 9.90 Å². The molecule has 0 aliphatic carbocycles. The molecule has 2 amide bonds. The van der Waals surface area contributed by atoms with Gasteiger partial charge in [-0.15, -0.1) is 0 Å². The minimum Gasteiger partial charge on any atom is -0.387 e. The highest BCUT2D eigenvalue weighted by Crippen LogP contribution is 2.16. The van der Waals surface area contributed by atoms with Crippen LogP contribution in [0, 0.1) is 6.92 Å². The normalized spacial score (nSPS) is 11.8. The van der Waals surface area contributed by atoms with E-state index in [0.29, 0.717) is 0 Å². The molecule has 0 saturated carbocycles. The zero-order chi connectivity index (χ0) is 16.1. The molecule has 1 aromatic carbocycles. The Morgan fingerprint density at radius 2 is 2.00 bits per heavy atom. The second-order valence-corrected chi connectivity index (χ2v) is 5.05. The van der Waals surface area contributed by atoms with Crippen molar-refractivity contribution in [3.8, 4) is 0 Å². The molecule has 3 N–H and O–H groups in total. The molecular weight excluding hydrogens is 282 g/mol. The van der Waals surface area contributed by atoms with Gasteiger partial charge in [-0.3, -0.25) is 4.79 Å². The van der Waals surface area contributed by atoms with Crippen LogP contribution in [0.15, 0.2) is 47.4 Å². The first-order valence-corrected chi connectivity index (χ1v) is 6.93. The van der Waals surface area contributed by atoms with E-state index in [4.69, 9.17) is 0 Å². The maximum atomic E-state index is 11.8. The number of nitrogens with zero attached hydrogens (tertiary/aromatic N) is 1. The van der Waals surface area contributed by atoms with Crippen molar-refractivity contribution in [3.63, 3.8) is 0 Å². The predicted molar refractivity (Wildman–Crippen MR) is 84.8 cm³/mol. The number of hydrogen-bond acceptors (Lipinski definition) is 3. The van der Waals surface area contributed by atoms with Crippen LogP contribution >= 0.6 is 0 Å². The lowest BCUT2D eigenvalue weighted by Gasteiger charge is -2.15. The zero-order valence-electron chi connectivity index (χ0n) is 12.5. The molecule has 0 spiro atoms. The third kappa shape index (κ3) is 3.73. The number of hydrogen-bond donors (Lipinski definition) is 3. The Hall–Kier alpha value is -2.60. The third-order valence-corrected chi connectivity index (χ3v) is 3.37. The van der Waals surface area contributed by atoms with Gasteiger partial charge in [0, 0.05) is 19.8 Å². The summed E-state index contributed by atoms with van der Waals surface area (Å²) >= 11 is 0. The van der Waals surface area contributed by atoms with Crippen LogP contribution in [-0.4, -0.2) is 22.2 Å². The minimum absolute atomic E-state index is 0.0594. The van der Waals surface area contributed by atoms with Crippen LogP contribution in [0.3, 0.4) is 0 Å². The summed E-state index contributed by atoms with van der Waals surface area (Å²) < 4.78 is 1.37. The molecule has 0 fully saturated rings. The van der Waals surface area contributed by atoms with Gasteiger partial charge in [-0.2, -0.15) is 0 Å². The fraction of sp³-hybridized carbons (Fsp3) is 0.250. The monoisotopic (exact) mass is 301 g/mol. The molecule has 0 bridgehead atoms. The fourth-order valence-corrected chi connectivity index (χ4v) is 2.12. The topological polar surface area (TPSA) is 83.4 Å². The van der Waals surface area contributed by atoms with Gasteiger partial charge < -0.3 is 20.3 Å². The smallest absolute Gasteiger partial charge is 0.319 e. The quantitative estimate of drug-likeness (QED) is 0.801. The van der Waals surface area contributed by atoms with E-state index in [1.54, 1.807) is 19.3 Å². The number of carbonyl (C=O) groups excluding carboxylic acids is 1. The predicted octanol–water partition coefficient (Wildman–Crippen LogP) is 1.55. The maximum absolute atomic E-state index is 11.8. The summed E-state index contributed by atoms with van der Waals surface area (Å²) in [4.78, 5) is 23.6. The molecular formula is C16H19N3O3. The second kappa shape index (κ2) is 6.91. The molecule has 2 aromatic rings. The Bertz CT molecular complexity index is 725. The van der Waals surface area contributed by atoms with E-state index in [2.05, 4.69) is 10.6 Å². The van der Waals surface area contributed by atoms with E-state index in [-0.39, 0.29) is 17.8 Å². The highest BCUT2D eigenvalue weighted by atomic mass is 16.3. The van der Waals surface area contributed by atoms with Crippen molar-refractivity contribution in [1.29, 1.82) is 0 Å². The average Bonchev–Trinajstić information content (AvgIpc) is 2.50. The minimum atomic E-state index is -0.800. The Kier molecular flexibility index (Phi) is 4.95. The average molecular weight is 301 g/mol. The summed E-state index contributed by atoms with van der Waals surface area (Å²) in [7, 11) is 1.60. The molecule has 0 saturated heterocycles. The number of anilines is 1. The van der Waals surface area contributed by atoms with Gasteiger partial charge in [0.05, 0.1) is 6.10 Å². The van der Waals surface area contributed by atoms with Crippen LogP contribution in [-0.2, 0) is 7.05 Å². The summed E-state index contributed by atoms with van der Waals surface area (Å²) in [5.74, 6) is 0. The molecule has 0 radical (unpaired) electrons. The molecule has 6 nitrogen and oxygen atoms in total. The van der Waals surface area contributed by atoms with Gasteiger partial charge >= 0.3 is 6.03 Å². The van der Waals surface area contributed by atoms with Crippen molar-refractivity contribution in [2.24, 2.45) is 7.05 Å². The largest absolute Gasteiger partial charge is 0.387 e. The molecule has 0 aliphatic rings. The number of aliphatic hydroxyl groups is 1. The number of pyridine rings is 1. The van der Waals surface area contributed by atoms with Crippen LogP contribution in [0.25, 0.3) is 0 Å². The number of aliphatic hydroxyl groups excluding tert-OH is 1. The molecule has 2 rings (SSSR count). The Balaban J connectivity index is 1.94. The molecule has 6 heteroatoms. The van der Waals surface area contributed by atoms with Crippen LogP contribution < -0.4 is 16.2 Å². The lowest BCUT2D eigenvalue weighted by molar-refractivity contribution is 0.174. The molecule has 1 atom stereocenters. The number of aryl methyl sites for hydroxylation is 2. The molecule has 1 unspecified atom stereocenters. The summed E-state index contributed by atoms with van der Waals surface area (Å²) in [6.45, 7) is 1.95. The SMILES string of the molecule is Cc1ccccc1C(O)CNC(=O)Nc1cccn(C)c1=O. The lowest BCUT2D eigenvalue weighted by Crippen LogP contribution is -2.34. The molecule has 116 valence electrons. The van der Waals surface area contributed by atoms with Gasteiger partial charge in [-0.05, 0) is 30.2 Å². The molecule has 1 aromatic heterocycles. The van der Waals surface area contributed by atoms with Crippen molar-refractivity contribution >= 4 is 11.7 Å². The number of rotatable bonds is 4. The highest BCUT2D eigenvalue weighted by Gasteiger charge is 2.12. The van der Waals surface area contributed by atoms with Gasteiger partial charge in [0.1, 0.15) is 5.69 Å². The fourth-order valence-electron chi connectivity index (χ4n) is 2.12. The van der Waals surface area contributed by atoms with Gasteiger partial charge in [0.2, 0.25) is 0 Å². The molecule has 1 heterocycles. The van der Waals surface area contributed by atoms with E-state index in [1.165, 1.54) is 10.6 Å². The van der Waals surface area contributed by atoms with E-state index in [1.807, 2.05) is 31.2 Å². The first-order chi connectivity index (χ1) is 10.5.